The Morgan fingerprint density at radius 1 is 1.47 bits per heavy atom. The van der Waals surface area contributed by atoms with Gasteiger partial charge in [-0.3, -0.25) is 4.79 Å². The summed E-state index contributed by atoms with van der Waals surface area (Å²) in [6, 6.07) is 0. The topological polar surface area (TPSA) is 74.7 Å². The highest BCUT2D eigenvalue weighted by Crippen LogP contribution is 2.22. The van der Waals surface area contributed by atoms with E-state index >= 15 is 0 Å². The van der Waals surface area contributed by atoms with Gasteiger partial charge in [0.2, 0.25) is 0 Å². The first-order chi connectivity index (χ1) is 6.85. The molecule has 1 saturated heterocycles. The Balaban J connectivity index is 2.77. The number of piperidine rings is 1. The molecule has 88 valence electrons. The monoisotopic (exact) mass is 243 g/mol. The van der Waals surface area contributed by atoms with Crippen molar-refractivity contribution in [1.29, 1.82) is 0 Å². The lowest BCUT2D eigenvalue weighted by molar-refractivity contribution is -0.142. The molecule has 1 fully saturated rings. The summed E-state index contributed by atoms with van der Waals surface area (Å²) >= 11 is 0. The van der Waals surface area contributed by atoms with Crippen LogP contribution < -0.4 is 0 Å². The Kier molecular flexibility index (Phi) is 3.61. The van der Waals surface area contributed by atoms with Crippen LogP contribution in [0.5, 0.6) is 0 Å². The van der Waals surface area contributed by atoms with Crippen molar-refractivity contribution in [2.45, 2.75) is 18.6 Å². The van der Waals surface area contributed by atoms with E-state index < -0.39 is 27.7 Å². The number of carboxylic acids is 1. The van der Waals surface area contributed by atoms with Crippen molar-refractivity contribution in [1.82, 2.24) is 4.31 Å². The largest absolute Gasteiger partial charge is 0.481 e. The van der Waals surface area contributed by atoms with Crippen LogP contribution >= 0.6 is 0 Å². The second-order valence-electron chi connectivity index (χ2n) is 3.34. The van der Waals surface area contributed by atoms with Crippen LogP contribution in [0.15, 0.2) is 0 Å². The Morgan fingerprint density at radius 3 is 2.53 bits per heavy atom. The second-order valence-corrected chi connectivity index (χ2v) is 5.24. The lowest BCUT2D eigenvalue weighted by Gasteiger charge is -2.29. The minimum atomic E-state index is -4.63. The molecular formula is C7H11F2NO4S. The zero-order chi connectivity index (χ0) is 11.6. The van der Waals surface area contributed by atoms with Crippen molar-refractivity contribution in [3.63, 3.8) is 0 Å². The quantitative estimate of drug-likeness (QED) is 0.775. The zero-order valence-corrected chi connectivity index (χ0v) is 8.58. The van der Waals surface area contributed by atoms with Gasteiger partial charge in [-0.2, -0.15) is 13.1 Å². The maximum Gasteiger partial charge on any atom is 0.350 e. The Labute approximate surface area is 85.7 Å². The van der Waals surface area contributed by atoms with Gasteiger partial charge in [-0.15, -0.1) is 0 Å². The van der Waals surface area contributed by atoms with Crippen molar-refractivity contribution >= 4 is 16.0 Å². The van der Waals surface area contributed by atoms with Crippen LogP contribution in [0.2, 0.25) is 0 Å². The summed E-state index contributed by atoms with van der Waals surface area (Å²) in [6.45, 7) is -0.390. The van der Waals surface area contributed by atoms with Gasteiger partial charge in [-0.25, -0.2) is 8.42 Å². The fourth-order valence-electron chi connectivity index (χ4n) is 1.49. The van der Waals surface area contributed by atoms with Gasteiger partial charge in [0.1, 0.15) is 0 Å². The third kappa shape index (κ3) is 2.63. The highest BCUT2D eigenvalue weighted by molar-refractivity contribution is 7.89. The van der Waals surface area contributed by atoms with E-state index in [1.807, 2.05) is 0 Å². The van der Waals surface area contributed by atoms with Gasteiger partial charge in [-0.05, 0) is 12.8 Å². The number of hydrogen-bond donors (Lipinski definition) is 1. The van der Waals surface area contributed by atoms with E-state index in [1.54, 1.807) is 0 Å². The molecule has 1 aliphatic rings. The molecule has 0 saturated carbocycles. The minimum Gasteiger partial charge on any atom is -0.481 e. The summed E-state index contributed by atoms with van der Waals surface area (Å²) in [5, 5.41) is 8.65. The number of carboxylic acid groups (broad SMARTS) is 1. The van der Waals surface area contributed by atoms with Gasteiger partial charge in [0.15, 0.2) is 0 Å². The van der Waals surface area contributed by atoms with Crippen molar-refractivity contribution in [2.75, 3.05) is 13.1 Å². The van der Waals surface area contributed by atoms with Crippen LogP contribution in [0.1, 0.15) is 12.8 Å². The standard InChI is InChI=1S/C7H11F2NO4S/c8-7(9)15(13,14)10-3-1-2-5(4-10)6(11)12/h5,7H,1-4H2,(H,11,12)/t5-/m0/s1. The average molecular weight is 243 g/mol. The number of nitrogens with zero attached hydrogens (tertiary/aromatic N) is 1. The molecule has 1 N–H and O–H groups in total. The molecule has 15 heavy (non-hydrogen) atoms. The molecule has 1 aliphatic heterocycles. The number of hydrogen-bond acceptors (Lipinski definition) is 3. The van der Waals surface area contributed by atoms with Crippen LogP contribution in [-0.4, -0.2) is 42.6 Å². The first-order valence-corrected chi connectivity index (χ1v) is 5.86. The van der Waals surface area contributed by atoms with Crippen molar-refractivity contribution in [3.05, 3.63) is 0 Å². The molecule has 8 heteroatoms. The van der Waals surface area contributed by atoms with Crippen LogP contribution in [0.25, 0.3) is 0 Å². The van der Waals surface area contributed by atoms with Crippen LogP contribution in [-0.2, 0) is 14.8 Å². The molecule has 0 aromatic carbocycles. The van der Waals surface area contributed by atoms with Gasteiger partial charge < -0.3 is 5.11 Å². The van der Waals surface area contributed by atoms with E-state index in [2.05, 4.69) is 0 Å². The number of carbonyl (C=O) groups is 1. The van der Waals surface area contributed by atoms with E-state index in [0.29, 0.717) is 17.1 Å². The molecule has 0 aliphatic carbocycles. The third-order valence-corrected chi connectivity index (χ3v) is 3.82. The molecule has 0 bridgehead atoms. The number of alkyl halides is 2. The number of halogens is 2. The van der Waals surface area contributed by atoms with E-state index in [-0.39, 0.29) is 13.1 Å². The highest BCUT2D eigenvalue weighted by atomic mass is 32.2. The molecule has 0 radical (unpaired) electrons. The average Bonchev–Trinajstić information content (AvgIpc) is 2.17. The Hall–Kier alpha value is -0.760. The summed E-state index contributed by atoms with van der Waals surface area (Å²) in [5.74, 6) is -5.51. The lowest BCUT2D eigenvalue weighted by atomic mass is 10.0. The Bertz CT molecular complexity index is 343. The smallest absolute Gasteiger partial charge is 0.350 e. The summed E-state index contributed by atoms with van der Waals surface area (Å²) in [6.07, 6.45) is 0.619. The normalized spacial score (nSPS) is 24.3. The van der Waals surface area contributed by atoms with Crippen molar-refractivity contribution in [3.8, 4) is 0 Å². The highest BCUT2D eigenvalue weighted by Gasteiger charge is 2.37. The van der Waals surface area contributed by atoms with E-state index in [4.69, 9.17) is 5.11 Å². The predicted octanol–water partition coefficient (Wildman–Crippen LogP) is 0.335. The van der Waals surface area contributed by atoms with Crippen LogP contribution in [0.4, 0.5) is 8.78 Å². The van der Waals surface area contributed by atoms with Crippen molar-refractivity contribution < 1.29 is 27.1 Å². The first kappa shape index (κ1) is 12.3. The lowest BCUT2D eigenvalue weighted by Crippen LogP contribution is -2.44. The SMILES string of the molecule is O=C(O)[C@H]1CCCN(S(=O)(=O)C(F)F)C1. The summed E-state index contributed by atoms with van der Waals surface area (Å²) in [7, 11) is -4.63. The van der Waals surface area contributed by atoms with Crippen LogP contribution in [0, 0.1) is 5.92 Å². The van der Waals surface area contributed by atoms with Gasteiger partial charge in [-0.1, -0.05) is 0 Å². The van der Waals surface area contributed by atoms with Gasteiger partial charge in [0, 0.05) is 13.1 Å². The predicted molar refractivity (Wildman–Crippen MR) is 46.9 cm³/mol. The van der Waals surface area contributed by atoms with Crippen LogP contribution in [0.3, 0.4) is 0 Å². The van der Waals surface area contributed by atoms with Gasteiger partial charge in [0.05, 0.1) is 5.92 Å². The van der Waals surface area contributed by atoms with Gasteiger partial charge in [0.25, 0.3) is 10.0 Å². The molecule has 5 nitrogen and oxygen atoms in total. The fourth-order valence-corrected chi connectivity index (χ4v) is 2.48. The molecule has 1 heterocycles. The molecule has 1 atom stereocenters. The zero-order valence-electron chi connectivity index (χ0n) is 7.77. The molecule has 0 spiro atoms. The molecular weight excluding hydrogens is 232 g/mol. The number of sulfonamides is 1. The number of aliphatic carboxylic acids is 1. The molecule has 0 aromatic heterocycles. The maximum atomic E-state index is 12.1. The summed E-state index contributed by atoms with van der Waals surface area (Å²) in [5.41, 5.74) is 0. The Morgan fingerprint density at radius 2 is 2.07 bits per heavy atom. The van der Waals surface area contributed by atoms with Crippen molar-refractivity contribution in [2.24, 2.45) is 5.92 Å². The first-order valence-electron chi connectivity index (χ1n) is 4.35. The molecule has 0 aromatic rings. The summed E-state index contributed by atoms with van der Waals surface area (Å²) in [4.78, 5) is 10.6. The minimum absolute atomic E-state index is 0.0313. The second kappa shape index (κ2) is 4.40. The summed E-state index contributed by atoms with van der Waals surface area (Å²) < 4.78 is 46.9. The number of rotatable bonds is 3. The third-order valence-electron chi connectivity index (χ3n) is 2.32. The molecule has 1 rings (SSSR count). The van der Waals surface area contributed by atoms with E-state index in [1.165, 1.54) is 0 Å². The van der Waals surface area contributed by atoms with Gasteiger partial charge >= 0.3 is 11.7 Å². The molecule has 0 amide bonds. The maximum absolute atomic E-state index is 12.1. The fraction of sp³-hybridized carbons (Fsp3) is 0.857. The van der Waals surface area contributed by atoms with E-state index in [9.17, 15) is 22.0 Å². The van der Waals surface area contributed by atoms with E-state index in [0.717, 1.165) is 0 Å². The molecule has 0 unspecified atom stereocenters.